The molecule has 0 fully saturated rings. The van der Waals surface area contributed by atoms with Gasteiger partial charge in [0, 0.05) is 121 Å². The maximum Gasteiger partial charge on any atom is 0.243 e. The van der Waals surface area contributed by atoms with Crippen molar-refractivity contribution in [1.29, 1.82) is 0 Å². The van der Waals surface area contributed by atoms with Crippen LogP contribution in [0.1, 0.15) is 185 Å². The largest absolute Gasteiger partial charge is 0.309 e. The van der Waals surface area contributed by atoms with Crippen molar-refractivity contribution in [3.8, 4) is 0 Å². The molecule has 11 rings (SSSR count). The van der Waals surface area contributed by atoms with Crippen molar-refractivity contribution in [2.24, 2.45) is 0 Å². The minimum atomic E-state index is -4.20. The van der Waals surface area contributed by atoms with Crippen molar-refractivity contribution >= 4 is 87.1 Å². The highest BCUT2D eigenvalue weighted by molar-refractivity contribution is 8.03. The van der Waals surface area contributed by atoms with E-state index in [1.54, 1.807) is 113 Å². The Morgan fingerprint density at radius 3 is 0.630 bits per heavy atom. The number of sulfonamides is 4. The fourth-order valence-electron chi connectivity index (χ4n) is 13.9. The summed E-state index contributed by atoms with van der Waals surface area (Å²) < 4.78 is 131. The lowest BCUT2D eigenvalue weighted by Gasteiger charge is -2.29. The minimum Gasteiger partial charge on any atom is -0.309 e. The van der Waals surface area contributed by atoms with E-state index in [0.717, 1.165) is 109 Å². The van der Waals surface area contributed by atoms with Crippen LogP contribution < -0.4 is 10.6 Å². The molecule has 0 aliphatic carbocycles. The van der Waals surface area contributed by atoms with E-state index in [0.29, 0.717) is 49.2 Å². The van der Waals surface area contributed by atoms with E-state index in [2.05, 4.69) is 142 Å². The van der Waals surface area contributed by atoms with E-state index in [1.807, 2.05) is 76.2 Å². The summed E-state index contributed by atoms with van der Waals surface area (Å²) in [6, 6.07) is 45.8. The first-order chi connectivity index (χ1) is 50.7. The zero-order chi connectivity index (χ0) is 78.1. The van der Waals surface area contributed by atoms with Crippen LogP contribution in [0, 0.1) is 27.7 Å². The molecule has 0 saturated carbocycles. The molecule has 108 heavy (non-hydrogen) atoms. The number of thioether (sulfide) groups is 4. The average Bonchev–Trinajstić information content (AvgIpc) is 0.980. The molecule has 22 heteroatoms. The topological polar surface area (TPSA) is 174 Å². The van der Waals surface area contributed by atoms with Crippen LogP contribution in [-0.4, -0.2) is 100 Å². The third-order valence-corrected chi connectivity index (χ3v) is 33.3. The highest BCUT2D eigenvalue weighted by Gasteiger charge is 2.36. The third kappa shape index (κ3) is 19.8. The standard InChI is InChI=1S/C86H110N6O8S8/c1-59-19-27-75(28-20-59)105(93,94)89-35-17-36-90(106(95,96)76-29-21-60(2)22-30-76)56-68-48-72(84(8,9)10)45-65-53-88-54-66-46-74(86(14,15)16)50-70-58-92(108(99,100)78-33-25-62(4)26-34-78)38-18-37-91(107(97,98)77-31-23-61(3)24-32-77)57-69-49-73(85(11,12)13)44-64(81(69)103-41-42-104-82(66)70)52-87-51-63-43-71(83(5,6)7)47-67(55-89)79(63)101-39-40-102-80(65)68/h19-34,43-50,87-88H,17-18,35-42,51-58H2,1-16H3. The van der Waals surface area contributed by atoms with Gasteiger partial charge in [-0.1, -0.05) is 202 Å². The Kier molecular flexibility index (Phi) is 26.2. The lowest BCUT2D eigenvalue weighted by molar-refractivity contribution is 0.349. The summed E-state index contributed by atoms with van der Waals surface area (Å²) in [5.41, 5.74) is 13.9. The number of aryl methyl sites for hydroxylation is 4. The van der Waals surface area contributed by atoms with E-state index in [9.17, 15) is 0 Å². The molecule has 0 radical (unpaired) electrons. The number of hydrogen-bond donors (Lipinski definition) is 2. The van der Waals surface area contributed by atoms with Crippen molar-refractivity contribution in [2.45, 2.75) is 237 Å². The molecule has 580 valence electrons. The van der Waals surface area contributed by atoms with Gasteiger partial charge in [-0.2, -0.15) is 17.2 Å². The zero-order valence-electron chi connectivity index (χ0n) is 65.9. The van der Waals surface area contributed by atoms with E-state index in [1.165, 1.54) is 0 Å². The SMILES string of the molecule is Cc1ccc(S(=O)(=O)N2CCCN(S(=O)(=O)c3ccc(C)cc3)Cc3cc(C(C)(C)C)cc4c3SCCSc3c(cc(C(C)(C)C)cc3C2)CNCc2cc(C(C)(C)C)cc3c2SCCSc2c(cc(C(C)(C)C)cc2CN(S(=O)(=O)c2ccc(C)cc2)CCCN(S(=O)(=O)c2ccc(C)cc2)C3)CNC4)cc1. The van der Waals surface area contributed by atoms with Crippen LogP contribution in [0.2, 0.25) is 0 Å². The van der Waals surface area contributed by atoms with Gasteiger partial charge in [-0.15, -0.1) is 47.0 Å². The minimum absolute atomic E-state index is 0.0159. The maximum atomic E-state index is 15.6. The van der Waals surface area contributed by atoms with Gasteiger partial charge in [-0.3, -0.25) is 0 Å². The Hall–Kier alpha value is -5.28. The maximum absolute atomic E-state index is 15.6. The van der Waals surface area contributed by atoms with Crippen LogP contribution in [0.3, 0.4) is 0 Å². The molecule has 0 spiro atoms. The van der Waals surface area contributed by atoms with Gasteiger partial charge in [0.2, 0.25) is 40.1 Å². The summed E-state index contributed by atoms with van der Waals surface area (Å²) in [5.74, 6) is 2.45. The molecule has 8 aromatic carbocycles. The smallest absolute Gasteiger partial charge is 0.243 e. The number of nitrogens with one attached hydrogen (secondary N) is 2. The van der Waals surface area contributed by atoms with Crippen LogP contribution in [-0.2, 0) is 114 Å². The molecule has 2 N–H and O–H groups in total. The first-order valence-corrected chi connectivity index (χ1v) is 47.2. The predicted octanol–water partition coefficient (Wildman–Crippen LogP) is 18.3. The number of nitrogens with zero attached hydrogens (tertiary/aromatic N) is 4. The van der Waals surface area contributed by atoms with Gasteiger partial charge in [-0.05, 0) is 177 Å². The lowest BCUT2D eigenvalue weighted by atomic mass is 9.84. The van der Waals surface area contributed by atoms with Gasteiger partial charge < -0.3 is 10.6 Å². The van der Waals surface area contributed by atoms with E-state index in [4.69, 9.17) is 0 Å². The van der Waals surface area contributed by atoms with E-state index >= 15 is 33.7 Å². The van der Waals surface area contributed by atoms with Gasteiger partial charge in [0.1, 0.15) is 0 Å². The highest BCUT2D eigenvalue weighted by atomic mass is 32.2. The van der Waals surface area contributed by atoms with E-state index in [-0.39, 0.29) is 106 Å². The molecule has 3 aliphatic heterocycles. The molecular formula is C86H110N6O8S8. The van der Waals surface area contributed by atoms with Crippen molar-refractivity contribution in [3.63, 3.8) is 0 Å². The third-order valence-electron chi connectivity index (χ3n) is 20.5. The molecule has 0 saturated heterocycles. The summed E-state index contributed by atoms with van der Waals surface area (Å²) in [5, 5.41) is 7.95. The van der Waals surface area contributed by atoms with Gasteiger partial charge >= 0.3 is 0 Å². The van der Waals surface area contributed by atoms with Crippen LogP contribution in [0.15, 0.2) is 185 Å². The van der Waals surface area contributed by atoms with Gasteiger partial charge in [0.25, 0.3) is 0 Å². The molecule has 4 bridgehead atoms. The molecular weight excluding hydrogens is 1500 g/mol. The zero-order valence-corrected chi connectivity index (χ0v) is 72.4. The van der Waals surface area contributed by atoms with Crippen molar-refractivity contribution in [3.05, 3.63) is 235 Å². The number of benzene rings is 8. The second-order valence-electron chi connectivity index (χ2n) is 33.4. The summed E-state index contributed by atoms with van der Waals surface area (Å²) in [6.07, 6.45) is 0.359. The Balaban J connectivity index is 1.16. The molecule has 3 aliphatic rings. The first kappa shape index (κ1) is 83.6. The summed E-state index contributed by atoms with van der Waals surface area (Å²) >= 11 is 6.91. The summed E-state index contributed by atoms with van der Waals surface area (Å²) in [6.45, 7) is 35.7. The predicted molar refractivity (Wildman–Crippen MR) is 449 cm³/mol. The second kappa shape index (κ2) is 33.8. The van der Waals surface area contributed by atoms with Crippen molar-refractivity contribution < 1.29 is 33.7 Å². The monoisotopic (exact) mass is 1610 g/mol. The Morgan fingerprint density at radius 2 is 0.454 bits per heavy atom. The summed E-state index contributed by atoms with van der Waals surface area (Å²) in [7, 11) is -16.8. The Labute approximate surface area is 663 Å². The second-order valence-corrected chi connectivity index (χ2v) is 45.6. The highest BCUT2D eigenvalue weighted by Crippen LogP contribution is 2.43. The molecule has 0 atom stereocenters. The Bertz CT molecular complexity index is 4410. The average molecular weight is 1610 g/mol. The van der Waals surface area contributed by atoms with Gasteiger partial charge in [-0.25, -0.2) is 33.7 Å². The fraction of sp³-hybridized carbons (Fsp3) is 0.442. The van der Waals surface area contributed by atoms with E-state index < -0.39 is 40.1 Å². The van der Waals surface area contributed by atoms with Crippen LogP contribution in [0.4, 0.5) is 0 Å². The number of hydrogen-bond acceptors (Lipinski definition) is 14. The fourth-order valence-corrected chi connectivity index (χ4v) is 24.4. The first-order valence-electron chi connectivity index (χ1n) is 37.5. The van der Waals surface area contributed by atoms with Crippen molar-refractivity contribution in [2.75, 3.05) is 49.2 Å². The molecule has 0 aromatic heterocycles. The molecule has 8 aromatic rings. The molecule has 0 amide bonds. The number of rotatable bonds is 8. The van der Waals surface area contributed by atoms with Gasteiger partial charge in [0.05, 0.1) is 19.6 Å². The molecule has 14 nitrogen and oxygen atoms in total. The summed E-state index contributed by atoms with van der Waals surface area (Å²) in [4.78, 5) is 4.56. The van der Waals surface area contributed by atoms with Crippen molar-refractivity contribution in [1.82, 2.24) is 27.9 Å². The Morgan fingerprint density at radius 1 is 0.278 bits per heavy atom. The number of fused-ring (bicyclic) bond motifs is 6. The van der Waals surface area contributed by atoms with Crippen LogP contribution in [0.25, 0.3) is 0 Å². The van der Waals surface area contributed by atoms with Gasteiger partial charge in [0.15, 0.2) is 0 Å². The normalized spacial score (nSPS) is 17.3. The molecule has 0 unspecified atom stereocenters. The lowest BCUT2D eigenvalue weighted by Crippen LogP contribution is -2.36. The van der Waals surface area contributed by atoms with Crippen LogP contribution in [0.5, 0.6) is 0 Å². The quantitative estimate of drug-likeness (QED) is 0.147. The van der Waals surface area contributed by atoms with Crippen LogP contribution >= 0.6 is 47.0 Å². The molecule has 3 heterocycles.